The van der Waals surface area contributed by atoms with E-state index in [0.717, 1.165) is 18.2 Å². The lowest BCUT2D eigenvalue weighted by Crippen LogP contribution is -2.17. The van der Waals surface area contributed by atoms with Gasteiger partial charge < -0.3 is 0 Å². The van der Waals surface area contributed by atoms with Gasteiger partial charge >= 0.3 is 0 Å². The van der Waals surface area contributed by atoms with Gasteiger partial charge in [0.1, 0.15) is 11.6 Å². The quantitative estimate of drug-likeness (QED) is 0.875. The molecule has 2 aromatic carbocycles. The first kappa shape index (κ1) is 15.9. The van der Waals surface area contributed by atoms with E-state index in [4.69, 9.17) is 0 Å². The van der Waals surface area contributed by atoms with Crippen LogP contribution in [0.2, 0.25) is 0 Å². The van der Waals surface area contributed by atoms with E-state index >= 15 is 0 Å². The normalized spacial score (nSPS) is 11.5. The van der Waals surface area contributed by atoms with Crippen LogP contribution in [0, 0.1) is 25.5 Å². The summed E-state index contributed by atoms with van der Waals surface area (Å²) in [6, 6.07) is 6.36. The molecule has 0 amide bonds. The minimum Gasteiger partial charge on any atom is -0.275 e. The molecule has 3 nitrogen and oxygen atoms in total. The second-order valence-corrected chi connectivity index (χ2v) is 7.04. The zero-order valence-electron chi connectivity index (χ0n) is 11.2. The van der Waals surface area contributed by atoms with Crippen molar-refractivity contribution in [3.8, 4) is 0 Å². The van der Waals surface area contributed by atoms with Gasteiger partial charge in [-0.3, -0.25) is 4.72 Å². The summed E-state index contributed by atoms with van der Waals surface area (Å²) in [5.74, 6) is -1.22. The molecule has 0 fully saturated rings. The maximum atomic E-state index is 13.7. The lowest BCUT2D eigenvalue weighted by Gasteiger charge is -2.14. The highest BCUT2D eigenvalue weighted by molar-refractivity contribution is 9.10. The fourth-order valence-electron chi connectivity index (χ4n) is 2.10. The van der Waals surface area contributed by atoms with Crippen LogP contribution < -0.4 is 4.72 Å². The Balaban J connectivity index is 2.54. The zero-order chi connectivity index (χ0) is 15.8. The molecule has 21 heavy (non-hydrogen) atoms. The molecule has 0 unspecified atom stereocenters. The molecule has 0 saturated heterocycles. The van der Waals surface area contributed by atoms with Gasteiger partial charge in [-0.05, 0) is 65.2 Å². The van der Waals surface area contributed by atoms with Crippen molar-refractivity contribution in [3.05, 3.63) is 57.6 Å². The Hall–Kier alpha value is -1.47. The van der Waals surface area contributed by atoms with Crippen molar-refractivity contribution in [2.45, 2.75) is 18.7 Å². The third-order valence-corrected chi connectivity index (χ3v) is 5.21. The summed E-state index contributed by atoms with van der Waals surface area (Å²) in [4.78, 5) is -0.0564. The maximum Gasteiger partial charge on any atom is 0.262 e. The Morgan fingerprint density at radius 3 is 2.19 bits per heavy atom. The van der Waals surface area contributed by atoms with Gasteiger partial charge in [0.15, 0.2) is 0 Å². The summed E-state index contributed by atoms with van der Waals surface area (Å²) in [7, 11) is -4.02. The molecule has 0 atom stereocenters. The van der Waals surface area contributed by atoms with E-state index in [0.29, 0.717) is 0 Å². The van der Waals surface area contributed by atoms with E-state index in [2.05, 4.69) is 20.7 Å². The molecule has 0 radical (unpaired) electrons. The summed E-state index contributed by atoms with van der Waals surface area (Å²) in [6.07, 6.45) is 0. The summed E-state index contributed by atoms with van der Waals surface area (Å²) in [6.45, 7) is 2.97. The fourth-order valence-corrected chi connectivity index (χ4v) is 4.22. The van der Waals surface area contributed by atoms with Gasteiger partial charge in [-0.15, -0.1) is 0 Å². The molecule has 0 heterocycles. The minimum atomic E-state index is -4.02. The second kappa shape index (κ2) is 5.73. The van der Waals surface area contributed by atoms with Crippen LogP contribution >= 0.6 is 15.9 Å². The monoisotopic (exact) mass is 375 g/mol. The molecule has 0 saturated carbocycles. The summed E-state index contributed by atoms with van der Waals surface area (Å²) >= 11 is 3.09. The predicted molar refractivity (Wildman–Crippen MR) is 80.8 cm³/mol. The van der Waals surface area contributed by atoms with Crippen molar-refractivity contribution >= 4 is 31.6 Å². The highest BCUT2D eigenvalue weighted by atomic mass is 79.9. The first-order valence-electron chi connectivity index (χ1n) is 5.96. The molecule has 0 aliphatic rings. The Kier molecular flexibility index (Phi) is 4.34. The van der Waals surface area contributed by atoms with Gasteiger partial charge in [0.2, 0.25) is 0 Å². The summed E-state index contributed by atoms with van der Waals surface area (Å²) in [5, 5.41) is 0. The van der Waals surface area contributed by atoms with Crippen molar-refractivity contribution in [2.24, 2.45) is 0 Å². The minimum absolute atomic E-state index is 0.0564. The number of anilines is 1. The summed E-state index contributed by atoms with van der Waals surface area (Å²) in [5.41, 5.74) is 0.334. The SMILES string of the molecule is Cc1cc(F)cc(C)c1S(=O)(=O)Nc1c(F)cccc1Br. The topological polar surface area (TPSA) is 46.2 Å². The van der Waals surface area contributed by atoms with Gasteiger partial charge in [0.25, 0.3) is 10.0 Å². The van der Waals surface area contributed by atoms with Crippen LogP contribution in [-0.2, 0) is 10.0 Å². The first-order chi connectivity index (χ1) is 9.72. The number of nitrogens with one attached hydrogen (secondary N) is 1. The molecule has 0 aromatic heterocycles. The summed E-state index contributed by atoms with van der Waals surface area (Å²) < 4.78 is 54.4. The van der Waals surface area contributed by atoms with E-state index in [-0.39, 0.29) is 26.2 Å². The van der Waals surface area contributed by atoms with Crippen molar-refractivity contribution < 1.29 is 17.2 Å². The van der Waals surface area contributed by atoms with E-state index < -0.39 is 21.7 Å². The number of hydrogen-bond acceptors (Lipinski definition) is 2. The van der Waals surface area contributed by atoms with Crippen molar-refractivity contribution in [1.29, 1.82) is 0 Å². The van der Waals surface area contributed by atoms with Gasteiger partial charge in [-0.2, -0.15) is 0 Å². The Morgan fingerprint density at radius 2 is 1.67 bits per heavy atom. The van der Waals surface area contributed by atoms with Crippen LogP contribution in [0.1, 0.15) is 11.1 Å². The van der Waals surface area contributed by atoms with Crippen molar-refractivity contribution in [3.63, 3.8) is 0 Å². The number of rotatable bonds is 3. The molecular weight excluding hydrogens is 364 g/mol. The van der Waals surface area contributed by atoms with Crippen LogP contribution in [0.5, 0.6) is 0 Å². The second-order valence-electron chi connectivity index (χ2n) is 4.57. The average Bonchev–Trinajstić information content (AvgIpc) is 2.32. The van der Waals surface area contributed by atoms with Crippen molar-refractivity contribution in [1.82, 2.24) is 0 Å². The highest BCUT2D eigenvalue weighted by Gasteiger charge is 2.22. The molecule has 2 aromatic rings. The molecule has 0 aliphatic heterocycles. The number of aryl methyl sites for hydroxylation is 2. The number of hydrogen-bond donors (Lipinski definition) is 1. The van der Waals surface area contributed by atoms with Crippen LogP contribution in [0.4, 0.5) is 14.5 Å². The maximum absolute atomic E-state index is 13.7. The number of benzene rings is 2. The van der Waals surface area contributed by atoms with Gasteiger partial charge in [-0.25, -0.2) is 17.2 Å². The lowest BCUT2D eigenvalue weighted by molar-refractivity contribution is 0.595. The van der Waals surface area contributed by atoms with Crippen LogP contribution in [-0.4, -0.2) is 8.42 Å². The van der Waals surface area contributed by atoms with Crippen LogP contribution in [0.25, 0.3) is 0 Å². The molecule has 1 N–H and O–H groups in total. The van der Waals surface area contributed by atoms with E-state index in [1.807, 2.05) is 0 Å². The predicted octanol–water partition coefficient (Wildman–Crippen LogP) is 4.14. The smallest absolute Gasteiger partial charge is 0.262 e. The average molecular weight is 376 g/mol. The molecule has 112 valence electrons. The van der Waals surface area contributed by atoms with Crippen LogP contribution in [0.15, 0.2) is 39.7 Å². The lowest BCUT2D eigenvalue weighted by atomic mass is 10.1. The molecule has 2 rings (SSSR count). The molecular formula is C14H12BrF2NO2S. The van der Waals surface area contributed by atoms with E-state index in [1.54, 1.807) is 0 Å². The molecule has 7 heteroatoms. The highest BCUT2D eigenvalue weighted by Crippen LogP contribution is 2.29. The van der Waals surface area contributed by atoms with E-state index in [1.165, 1.54) is 26.0 Å². The molecule has 0 bridgehead atoms. The van der Waals surface area contributed by atoms with Gasteiger partial charge in [-0.1, -0.05) is 6.07 Å². The van der Waals surface area contributed by atoms with Gasteiger partial charge in [0, 0.05) is 4.47 Å². The number of para-hydroxylation sites is 1. The first-order valence-corrected chi connectivity index (χ1v) is 8.23. The molecule has 0 spiro atoms. The Morgan fingerprint density at radius 1 is 1.10 bits per heavy atom. The van der Waals surface area contributed by atoms with Crippen molar-refractivity contribution in [2.75, 3.05) is 4.72 Å². The third kappa shape index (κ3) is 3.24. The Labute approximate surface area is 130 Å². The van der Waals surface area contributed by atoms with Gasteiger partial charge in [0.05, 0.1) is 10.6 Å². The van der Waals surface area contributed by atoms with E-state index in [9.17, 15) is 17.2 Å². The molecule has 0 aliphatic carbocycles. The number of sulfonamides is 1. The number of halogens is 3. The largest absolute Gasteiger partial charge is 0.275 e. The van der Waals surface area contributed by atoms with Crippen LogP contribution in [0.3, 0.4) is 0 Å². The third-order valence-electron chi connectivity index (χ3n) is 2.89. The fraction of sp³-hybridized carbons (Fsp3) is 0.143. The Bertz CT molecular complexity index is 763. The zero-order valence-corrected chi connectivity index (χ0v) is 13.6. The standard InChI is InChI=1S/C14H12BrF2NO2S/c1-8-6-10(16)7-9(2)14(8)21(19,20)18-13-11(15)4-3-5-12(13)17/h3-7,18H,1-2H3.